The Kier molecular flexibility index (Phi) is 5.90. The van der Waals surface area contributed by atoms with Crippen LogP contribution in [0.1, 0.15) is 16.8 Å². The molecule has 1 aliphatic rings. The Hall–Kier alpha value is -2.38. The molecule has 0 radical (unpaired) electrons. The molecular formula is C19H26N4O3. The smallest absolute Gasteiger partial charge is 0.339 e. The number of hydrogen-bond donors (Lipinski definition) is 2. The van der Waals surface area contributed by atoms with Crippen molar-refractivity contribution in [2.24, 2.45) is 0 Å². The highest BCUT2D eigenvalue weighted by molar-refractivity contribution is 6.07. The van der Waals surface area contributed by atoms with E-state index in [4.69, 9.17) is 4.74 Å². The lowest BCUT2D eigenvalue weighted by molar-refractivity contribution is 0.0697. The van der Waals surface area contributed by atoms with Gasteiger partial charge in [-0.1, -0.05) is 12.1 Å². The van der Waals surface area contributed by atoms with E-state index >= 15 is 0 Å². The van der Waals surface area contributed by atoms with Gasteiger partial charge >= 0.3 is 5.97 Å². The van der Waals surface area contributed by atoms with E-state index in [0.717, 1.165) is 42.6 Å². The van der Waals surface area contributed by atoms with Gasteiger partial charge in [0, 0.05) is 31.2 Å². The highest BCUT2D eigenvalue weighted by Crippen LogP contribution is 2.32. The van der Waals surface area contributed by atoms with Crippen molar-refractivity contribution in [1.29, 1.82) is 0 Å². The fourth-order valence-corrected chi connectivity index (χ4v) is 3.23. The number of rotatable bonds is 7. The van der Waals surface area contributed by atoms with E-state index in [1.54, 1.807) is 0 Å². The van der Waals surface area contributed by atoms with Crippen LogP contribution in [0.4, 0.5) is 11.4 Å². The summed E-state index contributed by atoms with van der Waals surface area (Å²) in [6.07, 6.45) is 2.39. The number of fused-ring (bicyclic) bond motifs is 1. The van der Waals surface area contributed by atoms with Crippen molar-refractivity contribution in [2.45, 2.75) is 6.42 Å². The first-order valence-electron chi connectivity index (χ1n) is 8.94. The third-order valence-electron chi connectivity index (χ3n) is 4.54. The molecule has 0 bridgehead atoms. The maximum absolute atomic E-state index is 11.7. The second-order valence-electron chi connectivity index (χ2n) is 6.71. The number of carbonyl (C=O) groups is 1. The Morgan fingerprint density at radius 1 is 1.35 bits per heavy atom. The zero-order valence-corrected chi connectivity index (χ0v) is 15.4. The SMILES string of the molecule is CN(C)CCCNc1c(C(=O)O)cnc2c(N3CCOCC3)cccc12. The molecule has 1 aliphatic heterocycles. The number of carboxylic acid groups (broad SMARTS) is 1. The summed E-state index contributed by atoms with van der Waals surface area (Å²) >= 11 is 0. The molecule has 7 nitrogen and oxygen atoms in total. The van der Waals surface area contributed by atoms with Crippen LogP contribution in [0.3, 0.4) is 0 Å². The molecule has 0 spiro atoms. The topological polar surface area (TPSA) is 77.9 Å². The number of morpholine rings is 1. The monoisotopic (exact) mass is 358 g/mol. The van der Waals surface area contributed by atoms with E-state index in [9.17, 15) is 9.90 Å². The molecule has 0 atom stereocenters. The van der Waals surface area contributed by atoms with Gasteiger partial charge in [0.25, 0.3) is 0 Å². The highest BCUT2D eigenvalue weighted by Gasteiger charge is 2.19. The molecule has 1 saturated heterocycles. The van der Waals surface area contributed by atoms with Crippen molar-refractivity contribution in [3.8, 4) is 0 Å². The number of benzene rings is 1. The molecule has 1 aromatic carbocycles. The number of aromatic nitrogens is 1. The van der Waals surface area contributed by atoms with Crippen LogP contribution in [0.15, 0.2) is 24.4 Å². The average Bonchev–Trinajstić information content (AvgIpc) is 2.64. The molecule has 26 heavy (non-hydrogen) atoms. The van der Waals surface area contributed by atoms with Crippen molar-refractivity contribution in [3.05, 3.63) is 30.0 Å². The number of hydrogen-bond acceptors (Lipinski definition) is 6. The van der Waals surface area contributed by atoms with Crippen molar-refractivity contribution in [2.75, 3.05) is 63.7 Å². The van der Waals surface area contributed by atoms with Gasteiger partial charge in [0.2, 0.25) is 0 Å². The number of ether oxygens (including phenoxy) is 1. The first kappa shape index (κ1) is 18.4. The number of carboxylic acids is 1. The summed E-state index contributed by atoms with van der Waals surface area (Å²) in [5.41, 5.74) is 2.71. The van der Waals surface area contributed by atoms with Crippen LogP contribution in [0.25, 0.3) is 10.9 Å². The Morgan fingerprint density at radius 2 is 2.12 bits per heavy atom. The van der Waals surface area contributed by atoms with Crippen molar-refractivity contribution in [1.82, 2.24) is 9.88 Å². The first-order chi connectivity index (χ1) is 12.6. The van der Waals surface area contributed by atoms with Gasteiger partial charge in [-0.15, -0.1) is 0 Å². The van der Waals surface area contributed by atoms with E-state index < -0.39 is 5.97 Å². The minimum Gasteiger partial charge on any atom is -0.478 e. The van der Waals surface area contributed by atoms with Crippen molar-refractivity contribution < 1.29 is 14.6 Å². The molecule has 0 unspecified atom stereocenters. The summed E-state index contributed by atoms with van der Waals surface area (Å²) in [7, 11) is 4.05. The third kappa shape index (κ3) is 4.05. The molecule has 2 N–H and O–H groups in total. The van der Waals surface area contributed by atoms with E-state index in [1.807, 2.05) is 32.3 Å². The van der Waals surface area contributed by atoms with Crippen LogP contribution in [-0.2, 0) is 4.74 Å². The van der Waals surface area contributed by atoms with Gasteiger partial charge in [-0.2, -0.15) is 0 Å². The van der Waals surface area contributed by atoms with Gasteiger partial charge in [-0.05, 0) is 33.1 Å². The molecule has 0 saturated carbocycles. The van der Waals surface area contributed by atoms with Crippen LogP contribution in [0.5, 0.6) is 0 Å². The fraction of sp³-hybridized carbons (Fsp3) is 0.474. The van der Waals surface area contributed by atoms with Crippen LogP contribution in [-0.4, -0.2) is 74.4 Å². The van der Waals surface area contributed by atoms with Gasteiger partial charge in [-0.25, -0.2) is 4.79 Å². The standard InChI is InChI=1S/C19H26N4O3/c1-22(2)8-4-7-20-17-14-5-3-6-16(23-9-11-26-12-10-23)18(14)21-13-15(17)19(24)25/h3,5-6,13H,4,7-12H2,1-2H3,(H,20,21)(H,24,25). The van der Waals surface area contributed by atoms with Gasteiger partial charge in [-0.3, -0.25) is 4.98 Å². The van der Waals surface area contributed by atoms with Gasteiger partial charge in [0.15, 0.2) is 0 Å². The summed E-state index contributed by atoms with van der Waals surface area (Å²) in [4.78, 5) is 20.5. The summed E-state index contributed by atoms with van der Waals surface area (Å²) in [5.74, 6) is -0.966. The molecule has 1 aromatic heterocycles. The second-order valence-corrected chi connectivity index (χ2v) is 6.71. The zero-order chi connectivity index (χ0) is 18.5. The molecule has 2 heterocycles. The minimum atomic E-state index is -0.966. The Balaban J connectivity index is 1.96. The molecule has 7 heteroatoms. The van der Waals surface area contributed by atoms with E-state index in [2.05, 4.69) is 20.1 Å². The summed E-state index contributed by atoms with van der Waals surface area (Å²) < 4.78 is 5.44. The predicted octanol–water partition coefficient (Wildman–Crippen LogP) is 2.13. The lowest BCUT2D eigenvalue weighted by Gasteiger charge is -2.29. The summed E-state index contributed by atoms with van der Waals surface area (Å²) in [5, 5.41) is 13.8. The van der Waals surface area contributed by atoms with Crippen LogP contribution < -0.4 is 10.2 Å². The molecule has 1 fully saturated rings. The van der Waals surface area contributed by atoms with E-state index in [0.29, 0.717) is 25.4 Å². The number of pyridine rings is 1. The molecule has 2 aromatic rings. The summed E-state index contributed by atoms with van der Waals surface area (Å²) in [6, 6.07) is 5.94. The molecule has 0 amide bonds. The quantitative estimate of drug-likeness (QED) is 0.734. The van der Waals surface area contributed by atoms with Crippen LogP contribution in [0, 0.1) is 0 Å². The Bertz CT molecular complexity index is 773. The van der Waals surface area contributed by atoms with Gasteiger partial charge in [0.05, 0.1) is 30.1 Å². The van der Waals surface area contributed by atoms with Gasteiger partial charge in [0.1, 0.15) is 5.56 Å². The minimum absolute atomic E-state index is 0.210. The Morgan fingerprint density at radius 3 is 2.81 bits per heavy atom. The maximum Gasteiger partial charge on any atom is 0.339 e. The van der Waals surface area contributed by atoms with Crippen molar-refractivity contribution in [3.63, 3.8) is 0 Å². The number of nitrogens with one attached hydrogen (secondary N) is 1. The third-order valence-corrected chi connectivity index (χ3v) is 4.54. The number of aromatic carboxylic acids is 1. The molecular weight excluding hydrogens is 332 g/mol. The predicted molar refractivity (Wildman–Crippen MR) is 103 cm³/mol. The highest BCUT2D eigenvalue weighted by atomic mass is 16.5. The molecule has 3 rings (SSSR count). The Labute approximate surface area is 153 Å². The lowest BCUT2D eigenvalue weighted by Crippen LogP contribution is -2.36. The lowest BCUT2D eigenvalue weighted by atomic mass is 10.1. The number of nitrogens with zero attached hydrogens (tertiary/aromatic N) is 3. The molecule has 0 aliphatic carbocycles. The number of para-hydroxylation sites is 1. The zero-order valence-electron chi connectivity index (χ0n) is 15.4. The number of anilines is 2. The maximum atomic E-state index is 11.7. The first-order valence-corrected chi connectivity index (χ1v) is 8.94. The van der Waals surface area contributed by atoms with Crippen LogP contribution in [0.2, 0.25) is 0 Å². The average molecular weight is 358 g/mol. The largest absolute Gasteiger partial charge is 0.478 e. The summed E-state index contributed by atoms with van der Waals surface area (Å²) in [6.45, 7) is 4.66. The van der Waals surface area contributed by atoms with E-state index in [-0.39, 0.29) is 5.56 Å². The van der Waals surface area contributed by atoms with Crippen molar-refractivity contribution >= 4 is 28.2 Å². The molecule has 140 valence electrons. The van der Waals surface area contributed by atoms with E-state index in [1.165, 1.54) is 6.20 Å². The van der Waals surface area contributed by atoms with Gasteiger partial charge < -0.3 is 25.0 Å². The fourth-order valence-electron chi connectivity index (χ4n) is 3.23. The van der Waals surface area contributed by atoms with Crippen LogP contribution >= 0.6 is 0 Å². The second kappa shape index (κ2) is 8.33. The normalized spacial score (nSPS) is 14.8.